The Labute approximate surface area is 150 Å². The highest BCUT2D eigenvalue weighted by Gasteiger charge is 2.21. The predicted octanol–water partition coefficient (Wildman–Crippen LogP) is 4.44. The van der Waals surface area contributed by atoms with Gasteiger partial charge in [-0.25, -0.2) is 0 Å². The molecule has 8 heteroatoms. The molecule has 3 rings (SSSR count). The van der Waals surface area contributed by atoms with Gasteiger partial charge in [0.25, 0.3) is 5.69 Å². The average molecular weight is 357 g/mol. The molecule has 1 fully saturated rings. The zero-order valence-corrected chi connectivity index (χ0v) is 14.5. The molecule has 0 radical (unpaired) electrons. The van der Waals surface area contributed by atoms with Gasteiger partial charge in [-0.15, -0.1) is 0 Å². The van der Waals surface area contributed by atoms with Gasteiger partial charge in [-0.1, -0.05) is 31.4 Å². The first kappa shape index (κ1) is 17.2. The average Bonchev–Trinajstić information content (AvgIpc) is 3.00. The van der Waals surface area contributed by atoms with Crippen molar-refractivity contribution in [3.05, 3.63) is 56.6 Å². The summed E-state index contributed by atoms with van der Waals surface area (Å²) in [7, 11) is 0. The highest BCUT2D eigenvalue weighted by Crippen LogP contribution is 2.31. The third-order valence-electron chi connectivity index (χ3n) is 4.32. The van der Waals surface area contributed by atoms with Gasteiger partial charge in [0, 0.05) is 18.2 Å². The van der Waals surface area contributed by atoms with Crippen molar-refractivity contribution in [2.45, 2.75) is 38.0 Å². The number of benzene rings is 1. The van der Waals surface area contributed by atoms with Crippen molar-refractivity contribution in [1.29, 1.82) is 0 Å². The molecule has 0 amide bonds. The molecule has 130 valence electrons. The van der Waals surface area contributed by atoms with Crippen molar-refractivity contribution >= 4 is 30.2 Å². The van der Waals surface area contributed by atoms with Crippen LogP contribution in [0.1, 0.15) is 49.4 Å². The van der Waals surface area contributed by atoms with Crippen molar-refractivity contribution in [2.75, 3.05) is 0 Å². The lowest BCUT2D eigenvalue weighted by Crippen LogP contribution is -2.10. The molecule has 0 bridgehead atoms. The fourth-order valence-corrected chi connectivity index (χ4v) is 3.27. The predicted molar refractivity (Wildman–Crippen MR) is 99.3 cm³/mol. The summed E-state index contributed by atoms with van der Waals surface area (Å²) < 4.78 is 2.10. The smallest absolute Gasteiger partial charge is 0.258 e. The number of para-hydroxylation sites is 1. The molecular weight excluding hydrogens is 338 g/mol. The van der Waals surface area contributed by atoms with E-state index in [-0.39, 0.29) is 5.69 Å². The number of allylic oxidation sites excluding steroid dienone is 1. The molecule has 1 aliphatic rings. The van der Waals surface area contributed by atoms with Gasteiger partial charge in [0.2, 0.25) is 4.77 Å². The van der Waals surface area contributed by atoms with Crippen LogP contribution in [0.15, 0.2) is 35.4 Å². The second-order valence-electron chi connectivity index (χ2n) is 5.97. The third kappa shape index (κ3) is 4.08. The Morgan fingerprint density at radius 2 is 2.08 bits per heavy atom. The zero-order valence-electron chi connectivity index (χ0n) is 13.7. The monoisotopic (exact) mass is 357 g/mol. The molecule has 1 aromatic heterocycles. The van der Waals surface area contributed by atoms with Crippen LogP contribution in [-0.2, 0) is 0 Å². The van der Waals surface area contributed by atoms with Gasteiger partial charge < -0.3 is 0 Å². The molecule has 25 heavy (non-hydrogen) atoms. The first-order valence-electron chi connectivity index (χ1n) is 8.28. The van der Waals surface area contributed by atoms with Crippen molar-refractivity contribution in [1.82, 2.24) is 14.9 Å². The molecule has 1 N–H and O–H groups in total. The number of nitrogens with one attached hydrogen (secondary N) is 1. The summed E-state index contributed by atoms with van der Waals surface area (Å²) >= 11 is 5.26. The minimum atomic E-state index is -0.399. The summed E-state index contributed by atoms with van der Waals surface area (Å²) in [5, 5.41) is 22.5. The number of nitrogens with zero attached hydrogens (tertiary/aromatic N) is 4. The molecule has 0 atom stereocenters. The van der Waals surface area contributed by atoms with Gasteiger partial charge in [0.05, 0.1) is 10.5 Å². The van der Waals surface area contributed by atoms with E-state index in [2.05, 4.69) is 15.3 Å². The number of rotatable bonds is 5. The zero-order chi connectivity index (χ0) is 17.6. The largest absolute Gasteiger partial charge is 0.276 e. The summed E-state index contributed by atoms with van der Waals surface area (Å²) in [5.41, 5.74) is 0.595. The van der Waals surface area contributed by atoms with Crippen molar-refractivity contribution in [3.63, 3.8) is 0 Å². The first-order chi connectivity index (χ1) is 12.2. The van der Waals surface area contributed by atoms with Gasteiger partial charge in [-0.2, -0.15) is 14.9 Å². The highest BCUT2D eigenvalue weighted by molar-refractivity contribution is 7.71. The number of hydrogen-bond acceptors (Lipinski definition) is 5. The number of aromatic amines is 1. The number of hydrogen-bond donors (Lipinski definition) is 1. The first-order valence-corrected chi connectivity index (χ1v) is 8.69. The van der Waals surface area contributed by atoms with Crippen LogP contribution in [0.4, 0.5) is 5.69 Å². The van der Waals surface area contributed by atoms with Gasteiger partial charge in [0.1, 0.15) is 0 Å². The van der Waals surface area contributed by atoms with Crippen molar-refractivity contribution in [2.24, 2.45) is 5.10 Å². The molecule has 1 aliphatic carbocycles. The molecule has 0 saturated heterocycles. The summed E-state index contributed by atoms with van der Waals surface area (Å²) in [6.07, 6.45) is 10.8. The van der Waals surface area contributed by atoms with E-state index in [1.165, 1.54) is 25.3 Å². The van der Waals surface area contributed by atoms with E-state index in [1.807, 2.05) is 0 Å². The summed E-state index contributed by atoms with van der Waals surface area (Å²) in [5.74, 6) is 1.23. The Balaban J connectivity index is 1.78. The van der Waals surface area contributed by atoms with Crippen molar-refractivity contribution < 1.29 is 4.92 Å². The number of nitro benzene ring substituents is 1. The van der Waals surface area contributed by atoms with Gasteiger partial charge in [0.15, 0.2) is 5.82 Å². The van der Waals surface area contributed by atoms with Crippen LogP contribution in [0, 0.1) is 14.9 Å². The molecule has 0 unspecified atom stereocenters. The maximum atomic E-state index is 11.0. The van der Waals surface area contributed by atoms with Crippen LogP contribution in [-0.4, -0.2) is 26.0 Å². The van der Waals surface area contributed by atoms with Crippen LogP contribution >= 0.6 is 12.2 Å². The lowest BCUT2D eigenvalue weighted by molar-refractivity contribution is -0.385. The number of aromatic nitrogens is 3. The van der Waals surface area contributed by atoms with E-state index in [1.54, 1.807) is 41.2 Å². The van der Waals surface area contributed by atoms with E-state index in [9.17, 15) is 10.1 Å². The molecule has 7 nitrogen and oxygen atoms in total. The molecule has 0 spiro atoms. The van der Waals surface area contributed by atoms with Crippen LogP contribution in [0.5, 0.6) is 0 Å². The normalized spacial score (nSPS) is 16.0. The minimum absolute atomic E-state index is 0.0648. The maximum Gasteiger partial charge on any atom is 0.276 e. The van der Waals surface area contributed by atoms with Crippen LogP contribution < -0.4 is 0 Å². The summed E-state index contributed by atoms with van der Waals surface area (Å²) in [6.45, 7) is 0. The Kier molecular flexibility index (Phi) is 5.49. The third-order valence-corrected chi connectivity index (χ3v) is 4.59. The fraction of sp³-hybridized carbons (Fsp3) is 0.353. The second-order valence-corrected chi connectivity index (χ2v) is 6.36. The van der Waals surface area contributed by atoms with E-state index >= 15 is 0 Å². The van der Waals surface area contributed by atoms with E-state index in [0.29, 0.717) is 16.3 Å². The van der Waals surface area contributed by atoms with Crippen molar-refractivity contribution in [3.8, 4) is 0 Å². The quantitative estimate of drug-likeness (QED) is 0.371. The highest BCUT2D eigenvalue weighted by atomic mass is 32.1. The number of nitro groups is 1. The lowest BCUT2D eigenvalue weighted by Gasteiger charge is -2.19. The Morgan fingerprint density at radius 1 is 1.32 bits per heavy atom. The van der Waals surface area contributed by atoms with Gasteiger partial charge in [-0.05, 0) is 43.3 Å². The lowest BCUT2D eigenvalue weighted by atomic mass is 9.89. The summed E-state index contributed by atoms with van der Waals surface area (Å²) in [4.78, 5) is 10.6. The maximum absolute atomic E-state index is 11.0. The van der Waals surface area contributed by atoms with Crippen LogP contribution in [0.2, 0.25) is 0 Å². The Bertz CT molecular complexity index is 862. The minimum Gasteiger partial charge on any atom is -0.258 e. The van der Waals surface area contributed by atoms with E-state index in [0.717, 1.165) is 18.7 Å². The van der Waals surface area contributed by atoms with Crippen LogP contribution in [0.25, 0.3) is 6.08 Å². The molecular formula is C17H19N5O2S. The standard InChI is InChI=1S/C17H19N5O2S/c23-22(24)15-11-5-4-7-13(15)10-6-12-18-21-16(19-20-17(21)25)14-8-2-1-3-9-14/h4-7,10-12,14H,1-3,8-9H2,(H,20,25)/b10-6-,18-12+. The molecule has 1 heterocycles. The molecule has 1 saturated carbocycles. The Morgan fingerprint density at radius 3 is 2.84 bits per heavy atom. The Hall–Kier alpha value is -2.61. The molecule has 1 aromatic carbocycles. The van der Waals surface area contributed by atoms with E-state index < -0.39 is 4.92 Å². The molecule has 0 aliphatic heterocycles. The topological polar surface area (TPSA) is 89.1 Å². The fourth-order valence-electron chi connectivity index (χ4n) is 3.09. The molecule has 2 aromatic rings. The van der Waals surface area contributed by atoms with Gasteiger partial charge in [-0.3, -0.25) is 15.2 Å². The van der Waals surface area contributed by atoms with Gasteiger partial charge >= 0.3 is 0 Å². The van der Waals surface area contributed by atoms with Crippen LogP contribution in [0.3, 0.4) is 0 Å². The summed E-state index contributed by atoms with van der Waals surface area (Å²) in [6, 6.07) is 6.57. The number of H-pyrrole nitrogens is 1. The SMILES string of the molecule is O=[N+]([O-])c1ccccc1/C=C\C=N\n1c(C2CCCCC2)n[nH]c1=S. The second kappa shape index (κ2) is 7.98. The van der Waals surface area contributed by atoms with E-state index in [4.69, 9.17) is 12.2 Å².